The van der Waals surface area contributed by atoms with Gasteiger partial charge < -0.3 is 0 Å². The van der Waals surface area contributed by atoms with Crippen LogP contribution in [-0.4, -0.2) is 0 Å². The summed E-state index contributed by atoms with van der Waals surface area (Å²) in [6.45, 7) is 12.0. The molecule has 3 rings (SSSR count). The normalized spacial score (nSPS) is 7.76. The van der Waals surface area contributed by atoms with Crippen LogP contribution >= 0.6 is 0 Å². The molecule has 0 N–H and O–H groups in total. The molecule has 0 fully saturated rings. The summed E-state index contributed by atoms with van der Waals surface area (Å²) in [5.74, 6) is 0. The summed E-state index contributed by atoms with van der Waals surface area (Å²) < 4.78 is 0. The molecule has 0 saturated carbocycles. The van der Waals surface area contributed by atoms with Crippen molar-refractivity contribution in [1.82, 2.24) is 0 Å². The zero-order valence-electron chi connectivity index (χ0n) is 16.9. The maximum atomic E-state index is 2.16. The maximum absolute atomic E-state index is 2.16. The topological polar surface area (TPSA) is 0 Å². The van der Waals surface area contributed by atoms with Gasteiger partial charge in [0.1, 0.15) is 0 Å². The lowest BCUT2D eigenvalue weighted by Crippen LogP contribution is -1.85. The van der Waals surface area contributed by atoms with E-state index in [9.17, 15) is 0 Å². The summed E-state index contributed by atoms with van der Waals surface area (Å²) in [7, 11) is 0. The SMILES string of the molecule is CC.CC.CC.c1ccc(Cc2ccccc2)cc1.c1ccccc1. The van der Waals surface area contributed by atoms with Crippen LogP contribution in [0.15, 0.2) is 97.1 Å². The Balaban J connectivity index is 0. The van der Waals surface area contributed by atoms with E-state index in [0.717, 1.165) is 6.42 Å². The highest BCUT2D eigenvalue weighted by Crippen LogP contribution is 2.07. The molecule has 0 bridgehead atoms. The van der Waals surface area contributed by atoms with Crippen LogP contribution in [0.25, 0.3) is 0 Å². The van der Waals surface area contributed by atoms with E-state index in [-0.39, 0.29) is 0 Å². The van der Waals surface area contributed by atoms with Gasteiger partial charge in [-0.1, -0.05) is 139 Å². The Kier molecular flexibility index (Phi) is 21.6. The lowest BCUT2D eigenvalue weighted by Gasteiger charge is -2.00. The van der Waals surface area contributed by atoms with Crippen molar-refractivity contribution in [3.63, 3.8) is 0 Å². The van der Waals surface area contributed by atoms with Crippen LogP contribution in [-0.2, 0) is 6.42 Å². The molecule has 0 unspecified atom stereocenters. The second kappa shape index (κ2) is 21.7. The first-order chi connectivity index (χ1) is 12.4. The molecule has 0 atom stereocenters. The molecule has 0 aromatic heterocycles. The first kappa shape index (κ1) is 24.9. The second-order valence-corrected chi connectivity index (χ2v) is 4.30. The molecule has 0 aliphatic carbocycles. The van der Waals surface area contributed by atoms with Gasteiger partial charge in [0.15, 0.2) is 0 Å². The van der Waals surface area contributed by atoms with Crippen molar-refractivity contribution >= 4 is 0 Å². The van der Waals surface area contributed by atoms with Crippen molar-refractivity contribution in [3.05, 3.63) is 108 Å². The standard InChI is InChI=1S/C13H12.C6H6.3C2H6/c1-3-7-12(8-4-1)11-13-9-5-2-6-10-13;1-2-4-6-5-3-1;3*1-2/h1-10H,11H2;1-6H;3*1-2H3. The van der Waals surface area contributed by atoms with E-state index in [1.165, 1.54) is 11.1 Å². The first-order valence-corrected chi connectivity index (χ1v) is 9.53. The molecule has 136 valence electrons. The largest absolute Gasteiger partial charge is 0.0683 e. The van der Waals surface area contributed by atoms with Crippen LogP contribution < -0.4 is 0 Å². The molecular weight excluding hydrogens is 300 g/mol. The molecule has 0 amide bonds. The summed E-state index contributed by atoms with van der Waals surface area (Å²) in [5, 5.41) is 0. The van der Waals surface area contributed by atoms with E-state index in [1.54, 1.807) is 0 Å². The third kappa shape index (κ3) is 15.0. The van der Waals surface area contributed by atoms with Crippen LogP contribution in [0, 0.1) is 0 Å². The minimum absolute atomic E-state index is 1.03. The Bertz CT molecular complexity index is 477. The minimum Gasteiger partial charge on any atom is -0.0683 e. The quantitative estimate of drug-likeness (QED) is 0.444. The maximum Gasteiger partial charge on any atom is -0.00258 e. The predicted octanol–water partition coefficient (Wildman–Crippen LogP) is 8.04. The molecule has 3 aromatic carbocycles. The van der Waals surface area contributed by atoms with Gasteiger partial charge in [-0.25, -0.2) is 0 Å². The fraction of sp³-hybridized carbons (Fsp3) is 0.280. The van der Waals surface area contributed by atoms with E-state index < -0.39 is 0 Å². The summed E-state index contributed by atoms with van der Waals surface area (Å²) in [4.78, 5) is 0. The highest BCUT2D eigenvalue weighted by molar-refractivity contribution is 5.25. The van der Waals surface area contributed by atoms with E-state index in [2.05, 4.69) is 60.7 Å². The molecule has 0 heteroatoms. The van der Waals surface area contributed by atoms with Crippen molar-refractivity contribution < 1.29 is 0 Å². The molecule has 0 spiro atoms. The smallest absolute Gasteiger partial charge is 0.00258 e. The number of rotatable bonds is 2. The zero-order valence-corrected chi connectivity index (χ0v) is 16.9. The van der Waals surface area contributed by atoms with Crippen LogP contribution in [0.5, 0.6) is 0 Å². The Hall–Kier alpha value is -2.34. The Morgan fingerprint density at radius 1 is 0.360 bits per heavy atom. The van der Waals surface area contributed by atoms with Crippen molar-refractivity contribution in [2.75, 3.05) is 0 Å². The molecule has 25 heavy (non-hydrogen) atoms. The zero-order chi connectivity index (χ0) is 19.2. The van der Waals surface area contributed by atoms with E-state index in [4.69, 9.17) is 0 Å². The van der Waals surface area contributed by atoms with Crippen LogP contribution in [0.4, 0.5) is 0 Å². The average Bonchev–Trinajstić information content (AvgIpc) is 2.76. The fourth-order valence-electron chi connectivity index (χ4n) is 1.81. The summed E-state index contributed by atoms with van der Waals surface area (Å²) in [6.07, 6.45) is 1.03. The summed E-state index contributed by atoms with van der Waals surface area (Å²) in [5.41, 5.74) is 2.74. The number of benzene rings is 3. The van der Waals surface area contributed by atoms with Gasteiger partial charge in [0, 0.05) is 0 Å². The van der Waals surface area contributed by atoms with Gasteiger partial charge in [0.2, 0.25) is 0 Å². The van der Waals surface area contributed by atoms with Crippen LogP contribution in [0.1, 0.15) is 52.7 Å². The second-order valence-electron chi connectivity index (χ2n) is 4.30. The Morgan fingerprint density at radius 3 is 0.800 bits per heavy atom. The molecule has 3 aromatic rings. The van der Waals surface area contributed by atoms with Crippen molar-refractivity contribution in [2.45, 2.75) is 48.0 Å². The minimum atomic E-state index is 1.03. The van der Waals surface area contributed by atoms with Gasteiger partial charge in [-0.05, 0) is 17.5 Å². The van der Waals surface area contributed by atoms with E-state index in [0.29, 0.717) is 0 Å². The monoisotopic (exact) mass is 336 g/mol. The highest BCUT2D eigenvalue weighted by atomic mass is 14.0. The molecule has 0 nitrogen and oxygen atoms in total. The lowest BCUT2D eigenvalue weighted by atomic mass is 10.1. The van der Waals surface area contributed by atoms with Crippen molar-refractivity contribution in [3.8, 4) is 0 Å². The molecule has 0 aliphatic heterocycles. The highest BCUT2D eigenvalue weighted by Gasteiger charge is 1.92. The number of hydrogen-bond acceptors (Lipinski definition) is 0. The van der Waals surface area contributed by atoms with E-state index in [1.807, 2.05) is 77.9 Å². The first-order valence-electron chi connectivity index (χ1n) is 9.53. The van der Waals surface area contributed by atoms with Gasteiger partial charge in [0.05, 0.1) is 0 Å². The van der Waals surface area contributed by atoms with Gasteiger partial charge in [-0.2, -0.15) is 0 Å². The number of hydrogen-bond donors (Lipinski definition) is 0. The molecular formula is C25H36. The third-order valence-electron chi connectivity index (χ3n) is 2.76. The lowest BCUT2D eigenvalue weighted by molar-refractivity contribution is 1.19. The van der Waals surface area contributed by atoms with Gasteiger partial charge >= 0.3 is 0 Å². The van der Waals surface area contributed by atoms with Gasteiger partial charge in [-0.3, -0.25) is 0 Å². The Morgan fingerprint density at radius 2 is 0.560 bits per heavy atom. The predicted molar refractivity (Wildman–Crippen MR) is 116 cm³/mol. The van der Waals surface area contributed by atoms with Crippen LogP contribution in [0.2, 0.25) is 0 Å². The fourth-order valence-corrected chi connectivity index (χ4v) is 1.81. The average molecular weight is 337 g/mol. The van der Waals surface area contributed by atoms with Crippen molar-refractivity contribution in [1.29, 1.82) is 0 Å². The molecule has 0 aliphatic rings. The third-order valence-corrected chi connectivity index (χ3v) is 2.76. The van der Waals surface area contributed by atoms with Crippen molar-refractivity contribution in [2.24, 2.45) is 0 Å². The summed E-state index contributed by atoms with van der Waals surface area (Å²) >= 11 is 0. The van der Waals surface area contributed by atoms with E-state index >= 15 is 0 Å². The summed E-state index contributed by atoms with van der Waals surface area (Å²) in [6, 6.07) is 33.1. The molecule has 0 radical (unpaired) electrons. The molecule has 0 heterocycles. The van der Waals surface area contributed by atoms with Crippen LogP contribution in [0.3, 0.4) is 0 Å². The molecule has 0 saturated heterocycles. The Labute approximate surface area is 156 Å². The van der Waals surface area contributed by atoms with Gasteiger partial charge in [0.25, 0.3) is 0 Å². The van der Waals surface area contributed by atoms with Gasteiger partial charge in [-0.15, -0.1) is 0 Å².